The van der Waals surface area contributed by atoms with E-state index in [2.05, 4.69) is 64.8 Å². The van der Waals surface area contributed by atoms with Gasteiger partial charge in [-0.2, -0.15) is 0 Å². The summed E-state index contributed by atoms with van der Waals surface area (Å²) in [5, 5.41) is 11.9. The number of aromatic nitrogens is 9. The summed E-state index contributed by atoms with van der Waals surface area (Å²) in [6, 6.07) is 29.6. The third kappa shape index (κ3) is 16.4. The van der Waals surface area contributed by atoms with Crippen LogP contribution in [0, 0.1) is 36.0 Å². The minimum absolute atomic E-state index is 0.0462. The molecule has 0 saturated heterocycles. The molecule has 3 aromatic carbocycles. The van der Waals surface area contributed by atoms with Crippen LogP contribution in [0.2, 0.25) is 0 Å². The minimum Gasteiger partial charge on any atom is -0.481 e. The number of nitrogens with two attached hydrogens (primary N) is 3. The van der Waals surface area contributed by atoms with Crippen LogP contribution in [0.25, 0.3) is 34.2 Å². The fraction of sp³-hybridized carbons (Fsp3) is 0.267. The number of carbonyl (C=O) groups excluding carboxylic acids is 6. The molecule has 0 radical (unpaired) electrons. The van der Waals surface area contributed by atoms with Crippen molar-refractivity contribution in [1.29, 1.82) is 0 Å². The minimum atomic E-state index is -0.924. The third-order valence-electron chi connectivity index (χ3n) is 16.1. The molecule has 9 aromatic rings. The van der Waals surface area contributed by atoms with Crippen LogP contribution in [-0.4, -0.2) is 131 Å². The van der Waals surface area contributed by atoms with Crippen molar-refractivity contribution in [2.45, 2.75) is 91.3 Å². The van der Waals surface area contributed by atoms with Crippen LogP contribution < -0.4 is 22.5 Å². The Balaban J connectivity index is 0.000000164. The zero-order chi connectivity index (χ0) is 71.9. The fourth-order valence-corrected chi connectivity index (χ4v) is 11.5. The summed E-state index contributed by atoms with van der Waals surface area (Å²) >= 11 is 0. The molecular formula is C75H73N15O10. The number of amides is 5. The SMILES string of the molecule is C#Cc1cnc(N)nc1-c1cc2c(n1C)CCN(C(=O)OC(C)(C)C)C2=O.Cn1c(-c2nc(N)ncc2C#Cc2cccc(CC(=O)Cc3ccccc3)c2)cc2c1CCNC2=O.Cn1c(-c2nc(N)ncc2C#Cc2cccc(CC(=O)O)c2)cc2c1CCN(C(=O)OC(C)(C)C)C2=O. The number of fused-ring (bicyclic) bond motifs is 3. The van der Waals surface area contributed by atoms with E-state index in [-0.39, 0.29) is 49.0 Å². The predicted molar refractivity (Wildman–Crippen MR) is 374 cm³/mol. The molecule has 0 unspecified atom stereocenters. The van der Waals surface area contributed by atoms with Crippen molar-refractivity contribution < 1.29 is 48.1 Å². The highest BCUT2D eigenvalue weighted by atomic mass is 16.6. The average molecular weight is 1340 g/mol. The van der Waals surface area contributed by atoms with E-state index in [1.807, 2.05) is 95.5 Å². The van der Waals surface area contributed by atoms with Gasteiger partial charge in [-0.1, -0.05) is 84.2 Å². The van der Waals surface area contributed by atoms with Gasteiger partial charge in [-0.25, -0.2) is 49.3 Å². The largest absolute Gasteiger partial charge is 0.481 e. The van der Waals surface area contributed by atoms with Gasteiger partial charge in [0.15, 0.2) is 0 Å². The molecule has 0 bridgehead atoms. The molecule has 0 saturated carbocycles. The zero-order valence-corrected chi connectivity index (χ0v) is 56.7. The van der Waals surface area contributed by atoms with Gasteiger partial charge >= 0.3 is 18.2 Å². The second kappa shape index (κ2) is 29.3. The number of terminal acetylenes is 1. The number of Topliss-reactive ketones (excluding diaryl/α,β-unsaturated/α-hetero) is 1. The van der Waals surface area contributed by atoms with Gasteiger partial charge in [-0.15, -0.1) is 6.42 Å². The van der Waals surface area contributed by atoms with Crippen LogP contribution in [0.4, 0.5) is 27.4 Å². The molecule has 12 rings (SSSR count). The number of anilines is 3. The number of benzene rings is 3. The van der Waals surface area contributed by atoms with Gasteiger partial charge < -0.3 is 50.8 Å². The normalized spacial score (nSPS) is 13.0. The van der Waals surface area contributed by atoms with Crippen molar-refractivity contribution in [3.63, 3.8) is 0 Å². The van der Waals surface area contributed by atoms with E-state index >= 15 is 0 Å². The molecule has 100 heavy (non-hydrogen) atoms. The molecule has 8 N–H and O–H groups in total. The van der Waals surface area contributed by atoms with Crippen LogP contribution in [0.5, 0.6) is 0 Å². The first-order valence-electron chi connectivity index (χ1n) is 31.8. The van der Waals surface area contributed by atoms with Crippen molar-refractivity contribution in [2.75, 3.05) is 36.8 Å². The molecule has 25 heteroatoms. The standard InChI is InChI=1S/C29H25N5O2.C27H27N5O5.C19H21N5O3/c1-34-25-12-13-31-28(36)24(25)17-26(34)27-22(18-32-29(30)33-27)11-10-20-8-5-9-21(14-20)16-23(35)15-19-6-3-2-4-7-19;1-27(2,3)37-26(36)32-11-10-20-19(24(32)35)14-21(31(20)4)23-18(15-29-25(28)30-23)9-8-16-6-5-7-17(12-16)13-22(33)34;1-6-11-10-21-17(20)22-15(11)14-9-12-13(23(14)5)7-8-24(16(12)25)18(26)27-19(2,3)4/h2-9,14,17-18H,12-13,15-16H2,1H3,(H,31,36)(H2,30,32,33);5-7,12,14-15H,10-11,13H2,1-4H3,(H,33,34)(H2,28,29,30);1,9-10H,7-8H2,2-5H3,(H2,20,21,22). The second-order valence-corrected chi connectivity index (χ2v) is 25.7. The number of carboxylic acids is 1. The summed E-state index contributed by atoms with van der Waals surface area (Å²) < 4.78 is 16.4. The molecular weight excluding hydrogens is 1270 g/mol. The summed E-state index contributed by atoms with van der Waals surface area (Å²) in [6.07, 6.45) is 11.1. The molecule has 508 valence electrons. The van der Waals surface area contributed by atoms with Crippen molar-refractivity contribution in [1.82, 2.24) is 58.7 Å². The molecule has 9 heterocycles. The maximum atomic E-state index is 13.2. The Morgan fingerprint density at radius 3 is 1.36 bits per heavy atom. The summed E-state index contributed by atoms with van der Waals surface area (Å²) in [5.74, 6) is 13.5. The molecule has 0 atom stereocenters. The average Bonchev–Trinajstić information content (AvgIpc) is 1.63. The number of nitrogens with one attached hydrogen (secondary N) is 1. The van der Waals surface area contributed by atoms with Gasteiger partial charge in [0.2, 0.25) is 17.8 Å². The molecule has 3 aliphatic rings. The van der Waals surface area contributed by atoms with Gasteiger partial charge in [0.1, 0.15) is 34.1 Å². The number of hydrogen-bond acceptors (Lipinski definition) is 18. The Bertz CT molecular complexity index is 4940. The lowest BCUT2D eigenvalue weighted by Crippen LogP contribution is -2.44. The smallest absolute Gasteiger partial charge is 0.417 e. The monoisotopic (exact) mass is 1340 g/mol. The Morgan fingerprint density at radius 1 is 0.530 bits per heavy atom. The van der Waals surface area contributed by atoms with E-state index in [0.717, 1.165) is 55.7 Å². The van der Waals surface area contributed by atoms with Crippen LogP contribution in [0.15, 0.2) is 116 Å². The molecule has 0 fully saturated rings. The molecule has 3 aliphatic heterocycles. The number of aliphatic carboxylic acids is 1. The van der Waals surface area contributed by atoms with E-state index in [1.165, 1.54) is 12.4 Å². The molecule has 0 aliphatic carbocycles. The van der Waals surface area contributed by atoms with Gasteiger partial charge in [0.25, 0.3) is 17.7 Å². The Kier molecular flexibility index (Phi) is 20.6. The van der Waals surface area contributed by atoms with Crippen LogP contribution in [0.1, 0.15) is 134 Å². The van der Waals surface area contributed by atoms with E-state index in [1.54, 1.807) is 84.1 Å². The van der Waals surface area contributed by atoms with Crippen LogP contribution >= 0.6 is 0 Å². The number of carboxylic acid groups (broad SMARTS) is 1. The van der Waals surface area contributed by atoms with Crippen molar-refractivity contribution >= 4 is 59.5 Å². The number of carbonyl (C=O) groups is 7. The summed E-state index contributed by atoms with van der Waals surface area (Å²) in [4.78, 5) is 114. The number of ketones is 1. The summed E-state index contributed by atoms with van der Waals surface area (Å²) in [7, 11) is 5.55. The Labute approximate surface area is 577 Å². The Hall–Kier alpha value is -12.7. The first kappa shape index (κ1) is 70.1. The van der Waals surface area contributed by atoms with Gasteiger partial charge in [0.05, 0.1) is 56.9 Å². The number of imide groups is 2. The third-order valence-corrected chi connectivity index (χ3v) is 16.1. The first-order valence-corrected chi connectivity index (χ1v) is 31.8. The highest BCUT2D eigenvalue weighted by molar-refractivity contribution is 6.06. The summed E-state index contributed by atoms with van der Waals surface area (Å²) in [6.45, 7) is 11.5. The first-order chi connectivity index (χ1) is 47.5. The van der Waals surface area contributed by atoms with E-state index in [9.17, 15) is 33.6 Å². The van der Waals surface area contributed by atoms with Crippen molar-refractivity contribution in [2.24, 2.45) is 21.1 Å². The van der Waals surface area contributed by atoms with Crippen molar-refractivity contribution in [3.05, 3.63) is 194 Å². The highest BCUT2D eigenvalue weighted by Gasteiger charge is 2.37. The lowest BCUT2D eigenvalue weighted by atomic mass is 10.0. The molecule has 6 aromatic heterocycles. The van der Waals surface area contributed by atoms with Crippen LogP contribution in [-0.2, 0) is 78.7 Å². The maximum absolute atomic E-state index is 13.2. The molecule has 0 spiro atoms. The predicted octanol–water partition coefficient (Wildman–Crippen LogP) is 8.11. The van der Waals surface area contributed by atoms with E-state index in [4.69, 9.17) is 38.2 Å². The zero-order valence-electron chi connectivity index (χ0n) is 56.7. The highest BCUT2D eigenvalue weighted by Crippen LogP contribution is 2.34. The van der Waals surface area contributed by atoms with E-state index in [0.29, 0.717) is 105 Å². The van der Waals surface area contributed by atoms with Gasteiger partial charge in [-0.05, 0) is 101 Å². The lowest BCUT2D eigenvalue weighted by molar-refractivity contribution is -0.136. The number of ether oxygens (including phenoxy) is 2. The van der Waals surface area contributed by atoms with Crippen LogP contribution in [0.3, 0.4) is 0 Å². The molecule has 25 nitrogen and oxygen atoms in total. The summed E-state index contributed by atoms with van der Waals surface area (Å²) in [5.41, 5.74) is 29.1. The number of hydrogen-bond donors (Lipinski definition) is 5. The van der Waals surface area contributed by atoms with Gasteiger partial charge in [0, 0.05) is 120 Å². The Morgan fingerprint density at radius 2 is 0.930 bits per heavy atom. The van der Waals surface area contributed by atoms with Gasteiger partial charge in [-0.3, -0.25) is 24.0 Å². The topological polar surface area (TPSA) is 347 Å². The van der Waals surface area contributed by atoms with E-state index < -0.39 is 41.2 Å². The van der Waals surface area contributed by atoms with Crippen molar-refractivity contribution in [3.8, 4) is 70.2 Å². The number of rotatable bonds is 9. The number of nitrogens with zero attached hydrogens (tertiary/aromatic N) is 11. The lowest BCUT2D eigenvalue weighted by Gasteiger charge is -2.28. The maximum Gasteiger partial charge on any atom is 0.417 e. The number of nitrogen functional groups attached to an aromatic ring is 3. The quantitative estimate of drug-likeness (QED) is 0.0852. The second-order valence-electron chi connectivity index (χ2n) is 25.7. The fourth-order valence-electron chi connectivity index (χ4n) is 11.5. The molecule has 5 amide bonds.